The van der Waals surface area contributed by atoms with Gasteiger partial charge in [-0.1, -0.05) is 19.1 Å². The lowest BCUT2D eigenvalue weighted by molar-refractivity contribution is -0.120. The van der Waals surface area contributed by atoms with E-state index in [1.807, 2.05) is 0 Å². The van der Waals surface area contributed by atoms with Gasteiger partial charge >= 0.3 is 6.18 Å². The summed E-state index contributed by atoms with van der Waals surface area (Å²) >= 11 is 0. The van der Waals surface area contributed by atoms with E-state index < -0.39 is 17.7 Å². The number of carbonyl (C=O) groups is 1. The molecule has 4 nitrogen and oxygen atoms in total. The first-order chi connectivity index (χ1) is 12.3. The first kappa shape index (κ1) is 20.0. The summed E-state index contributed by atoms with van der Waals surface area (Å²) in [6.07, 6.45) is -0.453. The van der Waals surface area contributed by atoms with Gasteiger partial charge in [0.15, 0.2) is 0 Å². The van der Waals surface area contributed by atoms with E-state index in [-0.39, 0.29) is 25.5 Å². The van der Waals surface area contributed by atoms with Crippen molar-refractivity contribution in [1.29, 1.82) is 0 Å². The Kier molecular flexibility index (Phi) is 6.85. The van der Waals surface area contributed by atoms with Crippen molar-refractivity contribution in [2.75, 3.05) is 18.5 Å². The Hall–Kier alpha value is -2.28. The van der Waals surface area contributed by atoms with Gasteiger partial charge in [0.05, 0.1) is 19.1 Å². The molecule has 0 fully saturated rings. The van der Waals surface area contributed by atoms with Gasteiger partial charge in [0.2, 0.25) is 5.91 Å². The van der Waals surface area contributed by atoms with Crippen LogP contribution in [0, 0.1) is 5.92 Å². The molecule has 0 saturated heterocycles. The fourth-order valence-electron chi connectivity index (χ4n) is 2.44. The summed E-state index contributed by atoms with van der Waals surface area (Å²) in [6.45, 7) is 1.65. The Labute approximate surface area is 150 Å². The highest BCUT2D eigenvalue weighted by Crippen LogP contribution is 2.33. The molecule has 26 heavy (non-hydrogen) atoms. The maximum atomic E-state index is 12.7. The largest absolute Gasteiger partial charge is 0.493 e. The highest BCUT2D eigenvalue weighted by atomic mass is 19.4. The van der Waals surface area contributed by atoms with Gasteiger partial charge < -0.3 is 15.2 Å². The molecule has 1 aliphatic carbocycles. The number of carbonyl (C=O) groups excluding carboxylic acids is 1. The van der Waals surface area contributed by atoms with Gasteiger partial charge in [-0.15, -0.1) is 0 Å². The molecule has 0 unspecified atom stereocenters. The first-order valence-electron chi connectivity index (χ1n) is 8.41. The molecule has 1 aromatic carbocycles. The Morgan fingerprint density at radius 3 is 2.62 bits per heavy atom. The molecular formula is C19H22F3NO3. The van der Waals surface area contributed by atoms with Crippen LogP contribution in [0.1, 0.15) is 26.2 Å². The van der Waals surface area contributed by atoms with E-state index in [9.17, 15) is 18.0 Å². The monoisotopic (exact) mass is 369 g/mol. The van der Waals surface area contributed by atoms with Crippen LogP contribution in [0.15, 0.2) is 47.6 Å². The fraction of sp³-hybridized carbons (Fsp3) is 0.421. The van der Waals surface area contributed by atoms with E-state index in [0.29, 0.717) is 29.9 Å². The summed E-state index contributed by atoms with van der Waals surface area (Å²) in [4.78, 5) is 11.7. The number of nitrogens with one attached hydrogen (secondary N) is 1. The third-order valence-electron chi connectivity index (χ3n) is 4.05. The number of anilines is 1. The minimum Gasteiger partial charge on any atom is -0.493 e. The maximum absolute atomic E-state index is 12.7. The van der Waals surface area contributed by atoms with Crippen molar-refractivity contribution in [3.8, 4) is 5.75 Å². The highest BCUT2D eigenvalue weighted by Gasteiger charge is 2.33. The van der Waals surface area contributed by atoms with E-state index in [1.165, 1.54) is 6.08 Å². The number of amides is 1. The summed E-state index contributed by atoms with van der Waals surface area (Å²) in [6, 6.07) is 6.68. The van der Waals surface area contributed by atoms with E-state index in [4.69, 9.17) is 9.84 Å². The Bertz CT molecular complexity index is 678. The Morgan fingerprint density at radius 1 is 1.31 bits per heavy atom. The summed E-state index contributed by atoms with van der Waals surface area (Å²) in [5, 5.41) is 11.6. The zero-order valence-electron chi connectivity index (χ0n) is 14.5. The van der Waals surface area contributed by atoms with Crippen LogP contribution in [0.2, 0.25) is 0 Å². The maximum Gasteiger partial charge on any atom is 0.412 e. The van der Waals surface area contributed by atoms with Gasteiger partial charge in [0.25, 0.3) is 0 Å². The van der Waals surface area contributed by atoms with Crippen LogP contribution in [0.4, 0.5) is 18.9 Å². The van der Waals surface area contributed by atoms with Crippen molar-refractivity contribution in [2.45, 2.75) is 32.4 Å². The van der Waals surface area contributed by atoms with E-state index in [1.54, 1.807) is 37.3 Å². The van der Waals surface area contributed by atoms with Gasteiger partial charge in [0.1, 0.15) is 5.75 Å². The predicted octanol–water partition coefficient (Wildman–Crippen LogP) is 4.23. The molecule has 0 spiro atoms. The van der Waals surface area contributed by atoms with E-state index in [2.05, 4.69) is 5.32 Å². The summed E-state index contributed by atoms with van der Waals surface area (Å²) in [7, 11) is 0. The minimum atomic E-state index is -4.27. The van der Waals surface area contributed by atoms with Crippen LogP contribution in [0.25, 0.3) is 0 Å². The minimum absolute atomic E-state index is 0.0237. The van der Waals surface area contributed by atoms with Crippen LogP contribution in [-0.4, -0.2) is 30.4 Å². The number of allylic oxidation sites excluding steroid dienone is 3. The van der Waals surface area contributed by atoms with Crippen LogP contribution in [0.3, 0.4) is 0 Å². The van der Waals surface area contributed by atoms with Crippen molar-refractivity contribution >= 4 is 11.6 Å². The van der Waals surface area contributed by atoms with Crippen molar-refractivity contribution < 1.29 is 27.8 Å². The topological polar surface area (TPSA) is 58.6 Å². The molecule has 1 aliphatic rings. The molecule has 0 bridgehead atoms. The van der Waals surface area contributed by atoms with Gasteiger partial charge in [-0.25, -0.2) is 0 Å². The molecule has 2 rings (SSSR count). The molecule has 142 valence electrons. The van der Waals surface area contributed by atoms with Crippen LogP contribution in [0.5, 0.6) is 5.75 Å². The molecule has 1 aromatic rings. The molecule has 2 N–H and O–H groups in total. The smallest absolute Gasteiger partial charge is 0.412 e. The van der Waals surface area contributed by atoms with E-state index >= 15 is 0 Å². The normalized spacial score (nSPS) is 15.7. The lowest BCUT2D eigenvalue weighted by Crippen LogP contribution is -2.22. The van der Waals surface area contributed by atoms with Gasteiger partial charge in [-0.3, -0.25) is 4.79 Å². The van der Waals surface area contributed by atoms with Crippen molar-refractivity contribution in [2.24, 2.45) is 5.92 Å². The second-order valence-corrected chi connectivity index (χ2v) is 6.18. The molecule has 0 saturated carbocycles. The van der Waals surface area contributed by atoms with Gasteiger partial charge in [0, 0.05) is 17.7 Å². The Morgan fingerprint density at radius 2 is 2.00 bits per heavy atom. The standard InChI is InChI=1S/C19H22F3NO3/c1-13(12-24)18(25)23-16-5-7-17(8-6-16)26-10-9-14-3-2-4-15(11-14)19(20,21)22/h3,5-8,11,13,24H,2,4,9-10,12H2,1H3,(H,23,25)/t13-/m1/s1. The number of rotatable bonds is 7. The molecule has 1 atom stereocenters. The van der Waals surface area contributed by atoms with Crippen molar-refractivity contribution in [3.63, 3.8) is 0 Å². The van der Waals surface area contributed by atoms with Crippen molar-refractivity contribution in [1.82, 2.24) is 0 Å². The second-order valence-electron chi connectivity index (χ2n) is 6.18. The second kappa shape index (κ2) is 8.89. The lowest BCUT2D eigenvalue weighted by Gasteiger charge is -2.16. The average Bonchev–Trinajstić information content (AvgIpc) is 2.62. The quantitative estimate of drug-likeness (QED) is 0.756. The van der Waals surface area contributed by atoms with Crippen LogP contribution < -0.4 is 10.1 Å². The molecule has 1 amide bonds. The highest BCUT2D eigenvalue weighted by molar-refractivity contribution is 5.92. The zero-order valence-corrected chi connectivity index (χ0v) is 14.5. The third-order valence-corrected chi connectivity index (χ3v) is 4.05. The molecule has 0 aliphatic heterocycles. The fourth-order valence-corrected chi connectivity index (χ4v) is 2.44. The summed E-state index contributed by atoms with van der Waals surface area (Å²) in [5.74, 6) is -0.211. The number of alkyl halides is 3. The zero-order chi connectivity index (χ0) is 19.2. The van der Waals surface area contributed by atoms with Gasteiger partial charge in [-0.05, 0) is 42.7 Å². The molecular weight excluding hydrogens is 347 g/mol. The molecule has 0 radical (unpaired) electrons. The number of ether oxygens (including phenoxy) is 1. The first-order valence-corrected chi connectivity index (χ1v) is 8.41. The molecule has 0 aromatic heterocycles. The molecule has 0 heterocycles. The van der Waals surface area contributed by atoms with Crippen molar-refractivity contribution in [3.05, 3.63) is 47.6 Å². The van der Waals surface area contributed by atoms with E-state index in [0.717, 1.165) is 0 Å². The summed E-state index contributed by atoms with van der Waals surface area (Å²) in [5.41, 5.74) is 0.716. The van der Waals surface area contributed by atoms with Gasteiger partial charge in [-0.2, -0.15) is 13.2 Å². The van der Waals surface area contributed by atoms with Crippen LogP contribution >= 0.6 is 0 Å². The predicted molar refractivity (Wildman–Crippen MR) is 92.9 cm³/mol. The number of hydrogen-bond acceptors (Lipinski definition) is 3. The SMILES string of the molecule is C[C@H](CO)C(=O)Nc1ccc(OCCC2=CCCC(C(F)(F)F)=C2)cc1. The number of halogens is 3. The number of aliphatic hydroxyl groups is 1. The Balaban J connectivity index is 1.82. The number of aliphatic hydroxyl groups excluding tert-OH is 1. The van der Waals surface area contributed by atoms with Crippen LogP contribution in [-0.2, 0) is 4.79 Å². The summed E-state index contributed by atoms with van der Waals surface area (Å²) < 4.78 is 43.8. The third kappa shape index (κ3) is 5.91. The lowest BCUT2D eigenvalue weighted by atomic mass is 9.97. The number of benzene rings is 1. The average molecular weight is 369 g/mol. The number of hydrogen-bond donors (Lipinski definition) is 2. The molecule has 7 heteroatoms.